The number of hydrogen-bond acceptors (Lipinski definition) is 5. The van der Waals surface area contributed by atoms with Gasteiger partial charge in [0, 0.05) is 16.5 Å². The van der Waals surface area contributed by atoms with Crippen LogP contribution in [0.1, 0.15) is 50.2 Å². The summed E-state index contributed by atoms with van der Waals surface area (Å²) in [6.07, 6.45) is 5.66. The van der Waals surface area contributed by atoms with E-state index in [4.69, 9.17) is 14.7 Å². The van der Waals surface area contributed by atoms with E-state index in [1.807, 2.05) is 13.8 Å². The molecule has 2 fully saturated rings. The van der Waals surface area contributed by atoms with E-state index in [2.05, 4.69) is 43.4 Å². The SMILES string of the molecule is CCOc1ccc(-c2c(C)sc3nc(C)nc(NC(C)C4CC5CCC4C5)c23)cc1. The minimum atomic E-state index is 0.436. The summed E-state index contributed by atoms with van der Waals surface area (Å²) in [5.74, 6) is 5.37. The minimum Gasteiger partial charge on any atom is -0.494 e. The molecule has 4 unspecified atom stereocenters. The van der Waals surface area contributed by atoms with Crippen molar-refractivity contribution in [3.05, 3.63) is 35.0 Å². The van der Waals surface area contributed by atoms with Gasteiger partial charge in [-0.3, -0.25) is 0 Å². The quantitative estimate of drug-likeness (QED) is 0.486. The van der Waals surface area contributed by atoms with Crippen LogP contribution >= 0.6 is 11.3 Å². The molecule has 5 rings (SSSR count). The highest BCUT2D eigenvalue weighted by Crippen LogP contribution is 2.50. The molecule has 2 aliphatic carbocycles. The van der Waals surface area contributed by atoms with Crippen molar-refractivity contribution in [2.24, 2.45) is 17.8 Å². The van der Waals surface area contributed by atoms with Crippen molar-refractivity contribution in [3.63, 3.8) is 0 Å². The van der Waals surface area contributed by atoms with Crippen molar-refractivity contribution in [2.45, 2.75) is 59.4 Å². The molecule has 2 saturated carbocycles. The molecule has 158 valence electrons. The number of ether oxygens (including phenoxy) is 1. The van der Waals surface area contributed by atoms with E-state index in [0.717, 1.165) is 40.0 Å². The van der Waals surface area contributed by atoms with Crippen LogP contribution < -0.4 is 10.1 Å². The first kappa shape index (κ1) is 19.8. The van der Waals surface area contributed by atoms with Crippen molar-refractivity contribution >= 4 is 27.4 Å². The number of hydrogen-bond donors (Lipinski definition) is 1. The Morgan fingerprint density at radius 1 is 1.13 bits per heavy atom. The number of nitrogens with one attached hydrogen (secondary N) is 1. The molecule has 4 atom stereocenters. The third-order valence-electron chi connectivity index (χ3n) is 7.09. The lowest BCUT2D eigenvalue weighted by atomic mass is 9.84. The Morgan fingerprint density at radius 2 is 1.93 bits per heavy atom. The van der Waals surface area contributed by atoms with E-state index in [1.165, 1.54) is 47.1 Å². The molecule has 2 bridgehead atoms. The number of benzene rings is 1. The van der Waals surface area contributed by atoms with Gasteiger partial charge in [-0.15, -0.1) is 11.3 Å². The third-order valence-corrected chi connectivity index (χ3v) is 8.09. The minimum absolute atomic E-state index is 0.436. The summed E-state index contributed by atoms with van der Waals surface area (Å²) in [5.41, 5.74) is 2.45. The molecule has 2 aliphatic rings. The van der Waals surface area contributed by atoms with Crippen molar-refractivity contribution in [3.8, 4) is 16.9 Å². The van der Waals surface area contributed by atoms with E-state index < -0.39 is 0 Å². The smallest absolute Gasteiger partial charge is 0.139 e. The number of thiophene rings is 1. The fourth-order valence-corrected chi connectivity index (χ4v) is 6.87. The zero-order valence-electron chi connectivity index (χ0n) is 18.4. The van der Waals surface area contributed by atoms with Gasteiger partial charge >= 0.3 is 0 Å². The molecule has 1 N–H and O–H groups in total. The maximum absolute atomic E-state index is 5.63. The van der Waals surface area contributed by atoms with Gasteiger partial charge in [0.15, 0.2) is 0 Å². The Labute approximate surface area is 183 Å². The van der Waals surface area contributed by atoms with Gasteiger partial charge < -0.3 is 10.1 Å². The Morgan fingerprint density at radius 3 is 2.60 bits per heavy atom. The van der Waals surface area contributed by atoms with Gasteiger partial charge in [0.05, 0.1) is 12.0 Å². The highest BCUT2D eigenvalue weighted by atomic mass is 32.1. The van der Waals surface area contributed by atoms with Crippen LogP contribution in [0.2, 0.25) is 0 Å². The second kappa shape index (κ2) is 7.84. The molecule has 3 aromatic rings. The van der Waals surface area contributed by atoms with E-state index in [-0.39, 0.29) is 0 Å². The number of nitrogens with zero attached hydrogens (tertiary/aromatic N) is 2. The number of fused-ring (bicyclic) bond motifs is 3. The maximum Gasteiger partial charge on any atom is 0.139 e. The van der Waals surface area contributed by atoms with Gasteiger partial charge in [-0.05, 0) is 82.4 Å². The van der Waals surface area contributed by atoms with Crippen LogP contribution in [0.15, 0.2) is 24.3 Å². The fraction of sp³-hybridized carbons (Fsp3) is 0.520. The molecule has 0 spiro atoms. The first-order valence-electron chi connectivity index (χ1n) is 11.3. The lowest BCUT2D eigenvalue weighted by Gasteiger charge is -2.29. The zero-order valence-corrected chi connectivity index (χ0v) is 19.2. The number of aromatic nitrogens is 2. The van der Waals surface area contributed by atoms with E-state index in [1.54, 1.807) is 11.3 Å². The average Bonchev–Trinajstić information content (AvgIpc) is 3.42. The Hall–Kier alpha value is -2.14. The second-order valence-electron chi connectivity index (χ2n) is 9.06. The van der Waals surface area contributed by atoms with Crippen molar-refractivity contribution in [1.29, 1.82) is 0 Å². The topological polar surface area (TPSA) is 47.0 Å². The summed E-state index contributed by atoms with van der Waals surface area (Å²) in [6, 6.07) is 8.86. The second-order valence-corrected chi connectivity index (χ2v) is 10.3. The summed E-state index contributed by atoms with van der Waals surface area (Å²) in [6.45, 7) is 9.24. The normalized spacial score (nSPS) is 23.8. The lowest BCUT2D eigenvalue weighted by molar-refractivity contribution is 0.304. The van der Waals surface area contributed by atoms with Gasteiger partial charge in [0.2, 0.25) is 0 Å². The van der Waals surface area contributed by atoms with Gasteiger partial charge in [-0.2, -0.15) is 0 Å². The summed E-state index contributed by atoms with van der Waals surface area (Å²) in [7, 11) is 0. The molecule has 2 aromatic heterocycles. The summed E-state index contributed by atoms with van der Waals surface area (Å²) >= 11 is 1.77. The molecule has 0 radical (unpaired) electrons. The van der Waals surface area contributed by atoms with Crippen LogP contribution in [-0.4, -0.2) is 22.6 Å². The van der Waals surface area contributed by atoms with Crippen LogP contribution in [0.4, 0.5) is 5.82 Å². The van der Waals surface area contributed by atoms with E-state index in [9.17, 15) is 0 Å². The van der Waals surface area contributed by atoms with Crippen LogP contribution in [0.3, 0.4) is 0 Å². The largest absolute Gasteiger partial charge is 0.494 e. The Kier molecular flexibility index (Phi) is 5.18. The van der Waals surface area contributed by atoms with Crippen LogP contribution in [0.5, 0.6) is 5.75 Å². The van der Waals surface area contributed by atoms with E-state index in [0.29, 0.717) is 12.6 Å². The monoisotopic (exact) mass is 421 g/mol. The first-order chi connectivity index (χ1) is 14.5. The van der Waals surface area contributed by atoms with Gasteiger partial charge in [0.25, 0.3) is 0 Å². The molecule has 1 aromatic carbocycles. The summed E-state index contributed by atoms with van der Waals surface area (Å²) in [4.78, 5) is 12.0. The predicted octanol–water partition coefficient (Wildman–Crippen LogP) is 6.61. The molecule has 30 heavy (non-hydrogen) atoms. The highest BCUT2D eigenvalue weighted by molar-refractivity contribution is 7.19. The number of aryl methyl sites for hydroxylation is 2. The third kappa shape index (κ3) is 3.47. The molecule has 0 saturated heterocycles. The lowest BCUT2D eigenvalue weighted by Crippen LogP contribution is -2.30. The fourth-order valence-electron chi connectivity index (χ4n) is 5.78. The Bertz CT molecular complexity index is 1060. The van der Waals surface area contributed by atoms with Gasteiger partial charge in [-0.25, -0.2) is 9.97 Å². The maximum atomic E-state index is 5.63. The van der Waals surface area contributed by atoms with Gasteiger partial charge in [-0.1, -0.05) is 18.6 Å². The molecule has 5 heteroatoms. The average molecular weight is 422 g/mol. The summed E-state index contributed by atoms with van der Waals surface area (Å²) in [5, 5.41) is 5.01. The molecule has 2 heterocycles. The molecule has 4 nitrogen and oxygen atoms in total. The van der Waals surface area contributed by atoms with Crippen LogP contribution in [0, 0.1) is 31.6 Å². The summed E-state index contributed by atoms with van der Waals surface area (Å²) < 4.78 is 5.63. The first-order valence-corrected chi connectivity index (χ1v) is 12.1. The highest BCUT2D eigenvalue weighted by Gasteiger charge is 2.42. The predicted molar refractivity (Wildman–Crippen MR) is 126 cm³/mol. The van der Waals surface area contributed by atoms with Crippen molar-refractivity contribution < 1.29 is 4.74 Å². The standard InChI is InChI=1S/C25H31N3OS/c1-5-29-20-10-8-18(9-11-20)22-15(3)30-25-23(22)24(27-16(4)28-25)26-14(2)21-13-17-6-7-19(21)12-17/h8-11,14,17,19,21H,5-7,12-13H2,1-4H3,(H,26,27,28). The van der Waals surface area contributed by atoms with Gasteiger partial charge in [0.1, 0.15) is 22.2 Å². The molecule has 0 amide bonds. The molecular formula is C25H31N3OS. The number of anilines is 1. The van der Waals surface area contributed by atoms with Crippen LogP contribution in [-0.2, 0) is 0 Å². The molecule has 0 aliphatic heterocycles. The van der Waals surface area contributed by atoms with Crippen molar-refractivity contribution in [2.75, 3.05) is 11.9 Å². The van der Waals surface area contributed by atoms with E-state index >= 15 is 0 Å². The Balaban J connectivity index is 1.53. The molecular weight excluding hydrogens is 390 g/mol. The van der Waals surface area contributed by atoms with Crippen molar-refractivity contribution in [1.82, 2.24) is 9.97 Å². The number of rotatable bonds is 6. The van der Waals surface area contributed by atoms with Crippen LogP contribution in [0.25, 0.3) is 21.3 Å². The zero-order chi connectivity index (χ0) is 20.8.